The third-order valence-corrected chi connectivity index (χ3v) is 3.85. The Morgan fingerprint density at radius 1 is 0.947 bits per heavy atom. The number of pyridine rings is 1. The van der Waals surface area contributed by atoms with Crippen LogP contribution in [0.4, 0.5) is 0 Å². The summed E-state index contributed by atoms with van der Waals surface area (Å²) in [6.07, 6.45) is 1.04. The average Bonchev–Trinajstić information content (AvgIpc) is 2.47. The Hall–Kier alpha value is -2.09. The van der Waals surface area contributed by atoms with Crippen LogP contribution in [0.15, 0.2) is 53.3 Å². The second-order valence-electron chi connectivity index (χ2n) is 4.99. The normalized spacial score (nSPS) is 12.9. The molecule has 2 heteroatoms. The lowest BCUT2D eigenvalue weighted by molar-refractivity contribution is 0.561. The summed E-state index contributed by atoms with van der Waals surface area (Å²) in [5, 5.41) is 1.61. The van der Waals surface area contributed by atoms with Crippen molar-refractivity contribution in [1.29, 1.82) is 0 Å². The molecular weight excluding hydrogens is 234 g/mol. The smallest absolute Gasteiger partial charge is 0.197 e. The van der Waals surface area contributed by atoms with Gasteiger partial charge in [0.1, 0.15) is 0 Å². The second-order valence-corrected chi connectivity index (χ2v) is 4.99. The maximum Gasteiger partial charge on any atom is 0.197 e. The van der Waals surface area contributed by atoms with Crippen LogP contribution in [0.1, 0.15) is 26.3 Å². The van der Waals surface area contributed by atoms with Crippen molar-refractivity contribution in [2.45, 2.75) is 26.3 Å². The lowest BCUT2D eigenvalue weighted by atomic mass is 10.1. The van der Waals surface area contributed by atoms with Crippen LogP contribution in [-0.2, 0) is 0 Å². The molecule has 1 heterocycles. The lowest BCUT2D eigenvalue weighted by Gasteiger charge is -2.20. The van der Waals surface area contributed by atoms with Gasteiger partial charge in [0.25, 0.3) is 0 Å². The number of fused-ring (bicyclic) bond motifs is 2. The first-order valence-corrected chi connectivity index (χ1v) is 6.76. The molecule has 0 saturated heterocycles. The number of aromatic nitrogens is 1. The number of para-hydroxylation sites is 2. The van der Waals surface area contributed by atoms with Crippen molar-refractivity contribution >= 4 is 21.8 Å². The summed E-state index contributed by atoms with van der Waals surface area (Å²) in [6, 6.07) is 16.1. The van der Waals surface area contributed by atoms with Gasteiger partial charge in [-0.3, -0.25) is 4.79 Å². The van der Waals surface area contributed by atoms with Crippen molar-refractivity contribution in [3.8, 4) is 0 Å². The summed E-state index contributed by atoms with van der Waals surface area (Å²) < 4.78 is 2.28. The van der Waals surface area contributed by atoms with Gasteiger partial charge in [-0.15, -0.1) is 0 Å². The van der Waals surface area contributed by atoms with Gasteiger partial charge in [-0.1, -0.05) is 31.2 Å². The molecule has 0 fully saturated rings. The Bertz CT molecular complexity index is 741. The van der Waals surface area contributed by atoms with Gasteiger partial charge in [-0.2, -0.15) is 0 Å². The first kappa shape index (κ1) is 12.0. The molecule has 0 amide bonds. The Labute approximate surface area is 112 Å². The van der Waals surface area contributed by atoms with Gasteiger partial charge in [0.05, 0.1) is 11.0 Å². The summed E-state index contributed by atoms with van der Waals surface area (Å²) in [5.41, 5.74) is 2.19. The van der Waals surface area contributed by atoms with E-state index in [0.29, 0.717) is 6.04 Å². The molecular formula is C17H17NO. The third kappa shape index (κ3) is 1.75. The molecule has 0 N–H and O–H groups in total. The number of hydrogen-bond acceptors (Lipinski definition) is 1. The maximum absolute atomic E-state index is 12.5. The third-order valence-electron chi connectivity index (χ3n) is 3.85. The Morgan fingerprint density at radius 3 is 1.89 bits per heavy atom. The molecule has 0 spiro atoms. The van der Waals surface area contributed by atoms with Crippen molar-refractivity contribution in [2.75, 3.05) is 0 Å². The van der Waals surface area contributed by atoms with Gasteiger partial charge >= 0.3 is 0 Å². The minimum Gasteiger partial charge on any atom is -0.337 e. The molecule has 3 aromatic rings. The fraction of sp³-hybridized carbons (Fsp3) is 0.235. The van der Waals surface area contributed by atoms with Crippen molar-refractivity contribution in [1.82, 2.24) is 4.57 Å². The Morgan fingerprint density at radius 2 is 1.42 bits per heavy atom. The van der Waals surface area contributed by atoms with E-state index >= 15 is 0 Å². The molecule has 1 unspecified atom stereocenters. The molecule has 1 atom stereocenters. The van der Waals surface area contributed by atoms with Gasteiger partial charge in [0.2, 0.25) is 0 Å². The highest BCUT2D eigenvalue weighted by Crippen LogP contribution is 2.24. The molecule has 0 aliphatic rings. The molecule has 0 radical (unpaired) electrons. The molecule has 0 aliphatic carbocycles. The highest BCUT2D eigenvalue weighted by atomic mass is 16.1. The Balaban J connectivity index is 2.60. The number of rotatable bonds is 2. The monoisotopic (exact) mass is 251 g/mol. The topological polar surface area (TPSA) is 22.0 Å². The SMILES string of the molecule is CCC(C)n1c2ccccc2c(=O)c2ccccc21. The molecule has 0 bridgehead atoms. The molecule has 96 valence electrons. The largest absolute Gasteiger partial charge is 0.337 e. The fourth-order valence-electron chi connectivity index (χ4n) is 2.68. The summed E-state index contributed by atoms with van der Waals surface area (Å²) in [6.45, 7) is 4.37. The quantitative estimate of drug-likeness (QED) is 0.628. The van der Waals surface area contributed by atoms with Crippen molar-refractivity contribution in [3.63, 3.8) is 0 Å². The summed E-state index contributed by atoms with van der Waals surface area (Å²) in [5.74, 6) is 0. The second kappa shape index (κ2) is 4.54. The van der Waals surface area contributed by atoms with Crippen LogP contribution in [0.25, 0.3) is 21.8 Å². The van der Waals surface area contributed by atoms with Crippen LogP contribution in [0.5, 0.6) is 0 Å². The van der Waals surface area contributed by atoms with E-state index in [9.17, 15) is 4.79 Å². The average molecular weight is 251 g/mol. The number of hydrogen-bond donors (Lipinski definition) is 0. The maximum atomic E-state index is 12.5. The van der Waals surface area contributed by atoms with E-state index < -0.39 is 0 Å². The molecule has 2 nitrogen and oxygen atoms in total. The highest BCUT2D eigenvalue weighted by molar-refractivity contribution is 5.93. The van der Waals surface area contributed by atoms with Crippen LogP contribution >= 0.6 is 0 Å². The van der Waals surface area contributed by atoms with Crippen LogP contribution in [0, 0.1) is 0 Å². The van der Waals surface area contributed by atoms with Crippen molar-refractivity contribution in [3.05, 3.63) is 58.8 Å². The van der Waals surface area contributed by atoms with Crippen LogP contribution in [-0.4, -0.2) is 4.57 Å². The van der Waals surface area contributed by atoms with E-state index in [1.807, 2.05) is 48.5 Å². The zero-order valence-electron chi connectivity index (χ0n) is 11.3. The molecule has 0 saturated carbocycles. The van der Waals surface area contributed by atoms with E-state index in [2.05, 4.69) is 18.4 Å². The Kier molecular flexibility index (Phi) is 2.86. The van der Waals surface area contributed by atoms with Gasteiger partial charge in [0.15, 0.2) is 5.43 Å². The zero-order valence-corrected chi connectivity index (χ0v) is 11.3. The van der Waals surface area contributed by atoms with Crippen molar-refractivity contribution in [2.24, 2.45) is 0 Å². The minimum absolute atomic E-state index is 0.130. The fourth-order valence-corrected chi connectivity index (χ4v) is 2.68. The highest BCUT2D eigenvalue weighted by Gasteiger charge is 2.12. The first-order valence-electron chi connectivity index (χ1n) is 6.76. The van der Waals surface area contributed by atoms with E-state index in [-0.39, 0.29) is 5.43 Å². The summed E-state index contributed by atoms with van der Waals surface area (Å²) >= 11 is 0. The number of nitrogens with zero attached hydrogens (tertiary/aromatic N) is 1. The molecule has 19 heavy (non-hydrogen) atoms. The van der Waals surface area contributed by atoms with E-state index in [4.69, 9.17) is 0 Å². The van der Waals surface area contributed by atoms with E-state index in [1.165, 1.54) is 0 Å². The zero-order chi connectivity index (χ0) is 13.4. The van der Waals surface area contributed by atoms with Crippen LogP contribution in [0.3, 0.4) is 0 Å². The van der Waals surface area contributed by atoms with E-state index in [0.717, 1.165) is 28.2 Å². The lowest BCUT2D eigenvalue weighted by Crippen LogP contribution is -2.14. The molecule has 0 aliphatic heterocycles. The molecule has 3 rings (SSSR count). The van der Waals surface area contributed by atoms with Gasteiger partial charge in [-0.05, 0) is 37.6 Å². The minimum atomic E-state index is 0.130. The van der Waals surface area contributed by atoms with Crippen molar-refractivity contribution < 1.29 is 0 Å². The van der Waals surface area contributed by atoms with Gasteiger partial charge < -0.3 is 4.57 Å². The van der Waals surface area contributed by atoms with Crippen LogP contribution < -0.4 is 5.43 Å². The molecule has 2 aromatic carbocycles. The first-order chi connectivity index (χ1) is 9.24. The predicted octanol–water partition coefficient (Wildman–Crippen LogP) is 4.13. The standard InChI is InChI=1S/C17H17NO/c1-3-12(2)18-15-10-6-4-8-13(15)17(19)14-9-5-7-11-16(14)18/h4-12H,3H2,1-2H3. The summed E-state index contributed by atoms with van der Waals surface area (Å²) in [7, 11) is 0. The van der Waals surface area contributed by atoms with Gasteiger partial charge in [0, 0.05) is 16.8 Å². The summed E-state index contributed by atoms with van der Waals surface area (Å²) in [4.78, 5) is 12.5. The predicted molar refractivity (Wildman–Crippen MR) is 80.7 cm³/mol. The van der Waals surface area contributed by atoms with Crippen LogP contribution in [0.2, 0.25) is 0 Å². The molecule has 1 aromatic heterocycles. The van der Waals surface area contributed by atoms with Gasteiger partial charge in [-0.25, -0.2) is 0 Å². The number of benzene rings is 2. The van der Waals surface area contributed by atoms with E-state index in [1.54, 1.807) is 0 Å².